The van der Waals surface area contributed by atoms with Gasteiger partial charge < -0.3 is 5.73 Å². The standard InChI is InChI=1S/C11H9ClFNOS/c1-7(15)16-4-2-3-8-5-9(13)6-10(12)11(8)14/h5-6H,4,14H2,1H3. The van der Waals surface area contributed by atoms with Crippen LogP contribution < -0.4 is 5.73 Å². The smallest absolute Gasteiger partial charge is 0.186 e. The molecule has 0 saturated heterocycles. The number of benzene rings is 1. The molecule has 0 fully saturated rings. The molecule has 0 bridgehead atoms. The summed E-state index contributed by atoms with van der Waals surface area (Å²) in [5.74, 6) is 5.26. The summed E-state index contributed by atoms with van der Waals surface area (Å²) in [5, 5.41) is 0.128. The van der Waals surface area contributed by atoms with Gasteiger partial charge in [-0.05, 0) is 12.1 Å². The van der Waals surface area contributed by atoms with Crippen molar-refractivity contribution in [1.82, 2.24) is 0 Å². The first kappa shape index (κ1) is 12.9. The van der Waals surface area contributed by atoms with Crippen LogP contribution in [-0.2, 0) is 4.79 Å². The van der Waals surface area contributed by atoms with Crippen molar-refractivity contribution in [3.05, 3.63) is 28.5 Å². The van der Waals surface area contributed by atoms with Gasteiger partial charge in [-0.1, -0.05) is 35.2 Å². The third kappa shape index (κ3) is 3.76. The van der Waals surface area contributed by atoms with Crippen molar-refractivity contribution in [1.29, 1.82) is 0 Å². The highest BCUT2D eigenvalue weighted by molar-refractivity contribution is 8.13. The first-order chi connectivity index (χ1) is 7.50. The molecule has 0 aliphatic carbocycles. The molecule has 1 rings (SSSR count). The summed E-state index contributed by atoms with van der Waals surface area (Å²) in [7, 11) is 0. The van der Waals surface area contributed by atoms with Crippen molar-refractivity contribution in [2.75, 3.05) is 11.5 Å². The minimum absolute atomic E-state index is 0.0143. The third-order valence-electron chi connectivity index (χ3n) is 1.66. The molecule has 16 heavy (non-hydrogen) atoms. The molecule has 0 aliphatic heterocycles. The molecule has 0 aliphatic rings. The van der Waals surface area contributed by atoms with E-state index < -0.39 is 5.82 Å². The maximum Gasteiger partial charge on any atom is 0.186 e. The third-order valence-corrected chi connectivity index (χ3v) is 2.67. The lowest BCUT2D eigenvalue weighted by Crippen LogP contribution is -1.93. The van der Waals surface area contributed by atoms with Gasteiger partial charge in [0.25, 0.3) is 0 Å². The number of nitrogen functional groups attached to an aromatic ring is 1. The average Bonchev–Trinajstić information content (AvgIpc) is 2.19. The van der Waals surface area contributed by atoms with Crippen LogP contribution in [0.15, 0.2) is 12.1 Å². The van der Waals surface area contributed by atoms with Gasteiger partial charge in [0, 0.05) is 6.92 Å². The lowest BCUT2D eigenvalue weighted by atomic mass is 10.2. The molecule has 5 heteroatoms. The second-order valence-electron chi connectivity index (χ2n) is 2.93. The molecular formula is C11H9ClFNOS. The summed E-state index contributed by atoms with van der Waals surface area (Å²) in [4.78, 5) is 10.6. The van der Waals surface area contributed by atoms with Gasteiger partial charge in [-0.25, -0.2) is 4.39 Å². The number of thioether (sulfide) groups is 1. The Morgan fingerprint density at radius 2 is 2.31 bits per heavy atom. The highest BCUT2D eigenvalue weighted by atomic mass is 35.5. The zero-order valence-electron chi connectivity index (χ0n) is 8.51. The number of rotatable bonds is 1. The molecule has 0 heterocycles. The van der Waals surface area contributed by atoms with E-state index in [1.807, 2.05) is 0 Å². The number of hydrogen-bond donors (Lipinski definition) is 1. The molecule has 0 radical (unpaired) electrons. The van der Waals surface area contributed by atoms with Crippen LogP contribution in [0.4, 0.5) is 10.1 Å². The lowest BCUT2D eigenvalue weighted by Gasteiger charge is -2.00. The molecule has 0 amide bonds. The van der Waals surface area contributed by atoms with Gasteiger partial charge in [-0.3, -0.25) is 4.79 Å². The van der Waals surface area contributed by atoms with Crippen LogP contribution in [0.5, 0.6) is 0 Å². The first-order valence-corrected chi connectivity index (χ1v) is 5.74. The maximum absolute atomic E-state index is 13.0. The van der Waals surface area contributed by atoms with Crippen molar-refractivity contribution in [2.24, 2.45) is 0 Å². The number of carbonyl (C=O) groups excluding carboxylic acids is 1. The molecule has 0 saturated carbocycles. The highest BCUT2D eigenvalue weighted by Crippen LogP contribution is 2.23. The Morgan fingerprint density at radius 3 is 2.94 bits per heavy atom. The Kier molecular flexibility index (Phi) is 4.66. The fraction of sp³-hybridized carbons (Fsp3) is 0.182. The zero-order valence-corrected chi connectivity index (χ0v) is 10.1. The van der Waals surface area contributed by atoms with Gasteiger partial charge >= 0.3 is 0 Å². The largest absolute Gasteiger partial charge is 0.397 e. The fourth-order valence-electron chi connectivity index (χ4n) is 0.957. The van der Waals surface area contributed by atoms with Gasteiger partial charge in [0.15, 0.2) is 5.12 Å². The number of anilines is 1. The summed E-state index contributed by atoms with van der Waals surface area (Å²) in [6.07, 6.45) is 0. The van der Waals surface area contributed by atoms with Crippen molar-refractivity contribution in [3.63, 3.8) is 0 Å². The number of hydrogen-bond acceptors (Lipinski definition) is 3. The SMILES string of the molecule is CC(=O)SCC#Cc1cc(F)cc(Cl)c1N. The number of nitrogens with two attached hydrogens (primary N) is 1. The summed E-state index contributed by atoms with van der Waals surface area (Å²) < 4.78 is 13.0. The monoisotopic (exact) mass is 257 g/mol. The Morgan fingerprint density at radius 1 is 1.62 bits per heavy atom. The fourth-order valence-corrected chi connectivity index (χ4v) is 1.51. The Hall–Kier alpha value is -1.18. The molecule has 1 aromatic rings. The molecule has 1 aromatic carbocycles. The topological polar surface area (TPSA) is 43.1 Å². The van der Waals surface area contributed by atoms with E-state index in [1.54, 1.807) is 0 Å². The Labute approximate surface area is 102 Å². The van der Waals surface area contributed by atoms with Gasteiger partial charge in [-0.2, -0.15) is 0 Å². The second-order valence-corrected chi connectivity index (χ2v) is 4.49. The van der Waals surface area contributed by atoms with E-state index in [0.29, 0.717) is 11.3 Å². The molecule has 0 unspecified atom stereocenters. The molecule has 0 atom stereocenters. The summed E-state index contributed by atoms with van der Waals surface area (Å²) in [6.45, 7) is 1.46. The molecule has 2 nitrogen and oxygen atoms in total. The van der Waals surface area contributed by atoms with E-state index in [2.05, 4.69) is 11.8 Å². The Balaban J connectivity index is 2.84. The minimum Gasteiger partial charge on any atom is -0.397 e. The minimum atomic E-state index is -0.484. The first-order valence-electron chi connectivity index (χ1n) is 4.37. The normalized spacial score (nSPS) is 9.44. The van der Waals surface area contributed by atoms with Crippen LogP contribution >= 0.6 is 23.4 Å². The predicted octanol–water partition coefficient (Wildman–Crippen LogP) is 2.69. The lowest BCUT2D eigenvalue weighted by molar-refractivity contribution is -0.109. The van der Waals surface area contributed by atoms with E-state index >= 15 is 0 Å². The molecule has 2 N–H and O–H groups in total. The predicted molar refractivity (Wildman–Crippen MR) is 65.8 cm³/mol. The highest BCUT2D eigenvalue weighted by Gasteiger charge is 2.04. The van der Waals surface area contributed by atoms with E-state index in [4.69, 9.17) is 17.3 Å². The zero-order chi connectivity index (χ0) is 12.1. The number of halogens is 2. The van der Waals surface area contributed by atoms with Crippen molar-refractivity contribution in [2.45, 2.75) is 6.92 Å². The quantitative estimate of drug-likeness (QED) is 0.621. The van der Waals surface area contributed by atoms with Crippen LogP contribution in [0.2, 0.25) is 5.02 Å². The van der Waals surface area contributed by atoms with Crippen molar-refractivity contribution < 1.29 is 9.18 Å². The Bertz CT molecular complexity index is 479. The molecule has 0 spiro atoms. The van der Waals surface area contributed by atoms with E-state index in [-0.39, 0.29) is 15.8 Å². The van der Waals surface area contributed by atoms with E-state index in [0.717, 1.165) is 17.8 Å². The van der Waals surface area contributed by atoms with Gasteiger partial charge in [0.2, 0.25) is 0 Å². The van der Waals surface area contributed by atoms with E-state index in [9.17, 15) is 9.18 Å². The molecular weight excluding hydrogens is 249 g/mol. The van der Waals surface area contributed by atoms with Crippen molar-refractivity contribution in [3.8, 4) is 11.8 Å². The molecule has 84 valence electrons. The molecule has 0 aromatic heterocycles. The van der Waals surface area contributed by atoms with E-state index in [1.165, 1.54) is 13.0 Å². The number of carbonyl (C=O) groups is 1. The average molecular weight is 258 g/mol. The van der Waals surface area contributed by atoms with Crippen LogP contribution in [0.1, 0.15) is 12.5 Å². The second kappa shape index (κ2) is 5.78. The van der Waals surface area contributed by atoms with Gasteiger partial charge in [0.1, 0.15) is 5.82 Å². The van der Waals surface area contributed by atoms with Crippen LogP contribution in [0.3, 0.4) is 0 Å². The van der Waals surface area contributed by atoms with Crippen LogP contribution in [0.25, 0.3) is 0 Å². The van der Waals surface area contributed by atoms with Crippen LogP contribution in [0, 0.1) is 17.7 Å². The van der Waals surface area contributed by atoms with Gasteiger partial charge in [0.05, 0.1) is 22.0 Å². The summed E-state index contributed by atoms with van der Waals surface area (Å²) in [5.41, 5.74) is 6.21. The summed E-state index contributed by atoms with van der Waals surface area (Å²) in [6, 6.07) is 2.35. The maximum atomic E-state index is 13.0. The summed E-state index contributed by atoms with van der Waals surface area (Å²) >= 11 is 6.77. The van der Waals surface area contributed by atoms with Gasteiger partial charge in [-0.15, -0.1) is 0 Å². The van der Waals surface area contributed by atoms with Crippen LogP contribution in [-0.4, -0.2) is 10.9 Å². The van der Waals surface area contributed by atoms with Crippen molar-refractivity contribution >= 4 is 34.2 Å².